The number of rotatable bonds is 8. The summed E-state index contributed by atoms with van der Waals surface area (Å²) in [4.78, 5) is 16.9. The first-order chi connectivity index (χ1) is 13.8. The summed E-state index contributed by atoms with van der Waals surface area (Å²) in [5.74, 6) is 0.291. The van der Waals surface area contributed by atoms with Crippen LogP contribution in [0.1, 0.15) is 19.5 Å². The number of sulfonamides is 1. The van der Waals surface area contributed by atoms with Crippen LogP contribution < -0.4 is 5.32 Å². The average Bonchev–Trinajstić information content (AvgIpc) is 3.35. The van der Waals surface area contributed by atoms with E-state index in [9.17, 15) is 13.2 Å². The standard InChI is InChI=1S/C19H20ClN3O4S2/c1-3-23(4-2)29(25,26)14-7-8-15(20)16(11-14)22-18(24)10-13-12-28-19(21-13)17-6-5-9-27-17/h5-9,11-12H,3-4,10H2,1-2H3,(H,22,24). The molecule has 0 unspecified atom stereocenters. The summed E-state index contributed by atoms with van der Waals surface area (Å²) in [6.07, 6.45) is 1.59. The molecule has 0 saturated carbocycles. The fourth-order valence-corrected chi connectivity index (χ4v) is 5.17. The summed E-state index contributed by atoms with van der Waals surface area (Å²) in [5.41, 5.74) is 0.827. The quantitative estimate of drug-likeness (QED) is 0.549. The Balaban J connectivity index is 1.75. The van der Waals surface area contributed by atoms with Gasteiger partial charge in [-0.05, 0) is 30.3 Å². The number of anilines is 1. The third-order valence-corrected chi connectivity index (χ3v) is 7.46. The Bertz CT molecular complexity index is 1090. The third-order valence-electron chi connectivity index (χ3n) is 4.18. The zero-order valence-electron chi connectivity index (χ0n) is 15.9. The number of halogens is 1. The summed E-state index contributed by atoms with van der Waals surface area (Å²) in [5, 5.41) is 5.39. The van der Waals surface area contributed by atoms with E-state index in [-0.39, 0.29) is 27.9 Å². The molecule has 0 aliphatic heterocycles. The molecule has 2 heterocycles. The summed E-state index contributed by atoms with van der Waals surface area (Å²) >= 11 is 7.54. The van der Waals surface area contributed by atoms with Crippen LogP contribution in [0.25, 0.3) is 10.8 Å². The number of carbonyl (C=O) groups is 1. The molecule has 3 aromatic rings. The van der Waals surface area contributed by atoms with Crippen LogP contribution >= 0.6 is 22.9 Å². The van der Waals surface area contributed by atoms with Crippen LogP contribution in [0.4, 0.5) is 5.69 Å². The number of carbonyl (C=O) groups excluding carboxylic acids is 1. The molecular weight excluding hydrogens is 434 g/mol. The average molecular weight is 454 g/mol. The number of benzene rings is 1. The summed E-state index contributed by atoms with van der Waals surface area (Å²) in [6, 6.07) is 7.84. The molecular formula is C19H20ClN3O4S2. The van der Waals surface area contributed by atoms with Crippen molar-refractivity contribution in [3.63, 3.8) is 0 Å². The number of furan rings is 1. The normalized spacial score (nSPS) is 11.7. The molecule has 0 spiro atoms. The smallest absolute Gasteiger partial charge is 0.243 e. The molecule has 0 saturated heterocycles. The molecule has 0 aliphatic carbocycles. The molecule has 0 bridgehead atoms. The minimum Gasteiger partial charge on any atom is -0.462 e. The number of nitrogens with zero attached hydrogens (tertiary/aromatic N) is 2. The van der Waals surface area contributed by atoms with E-state index >= 15 is 0 Å². The van der Waals surface area contributed by atoms with E-state index in [2.05, 4.69) is 10.3 Å². The van der Waals surface area contributed by atoms with Crippen molar-refractivity contribution in [3.8, 4) is 10.8 Å². The lowest BCUT2D eigenvalue weighted by Gasteiger charge is -2.19. The van der Waals surface area contributed by atoms with Gasteiger partial charge in [0.15, 0.2) is 10.8 Å². The molecule has 7 nitrogen and oxygen atoms in total. The molecule has 0 fully saturated rings. The first-order valence-corrected chi connectivity index (χ1v) is 11.6. The number of nitrogens with one attached hydrogen (secondary N) is 1. The summed E-state index contributed by atoms with van der Waals surface area (Å²) in [6.45, 7) is 4.24. The second-order valence-electron chi connectivity index (χ2n) is 6.08. The van der Waals surface area contributed by atoms with Crippen LogP contribution in [0.5, 0.6) is 0 Å². The molecule has 1 amide bonds. The Morgan fingerprint density at radius 1 is 1.28 bits per heavy atom. The number of hydrogen-bond donors (Lipinski definition) is 1. The van der Waals surface area contributed by atoms with Gasteiger partial charge in [-0.1, -0.05) is 25.4 Å². The molecule has 1 aromatic carbocycles. The predicted octanol–water partition coefficient (Wildman–Crippen LogP) is 4.27. The van der Waals surface area contributed by atoms with Gasteiger partial charge in [0.25, 0.3) is 0 Å². The maximum absolute atomic E-state index is 12.7. The van der Waals surface area contributed by atoms with Gasteiger partial charge in [-0.3, -0.25) is 4.79 Å². The Kier molecular flexibility index (Phi) is 6.74. The highest BCUT2D eigenvalue weighted by Gasteiger charge is 2.23. The van der Waals surface area contributed by atoms with E-state index in [4.69, 9.17) is 16.0 Å². The molecule has 3 rings (SSSR count). The van der Waals surface area contributed by atoms with E-state index in [1.807, 2.05) is 0 Å². The van der Waals surface area contributed by atoms with Gasteiger partial charge in [0.2, 0.25) is 15.9 Å². The second kappa shape index (κ2) is 9.08. The highest BCUT2D eigenvalue weighted by molar-refractivity contribution is 7.89. The fourth-order valence-electron chi connectivity index (χ4n) is 2.73. The van der Waals surface area contributed by atoms with Crippen LogP contribution in [0, 0.1) is 0 Å². The van der Waals surface area contributed by atoms with Gasteiger partial charge < -0.3 is 9.73 Å². The number of amides is 1. The van der Waals surface area contributed by atoms with E-state index in [1.54, 1.807) is 37.6 Å². The fraction of sp³-hybridized carbons (Fsp3) is 0.263. The Labute approximate surface area is 178 Å². The van der Waals surface area contributed by atoms with E-state index in [1.165, 1.54) is 33.8 Å². The van der Waals surface area contributed by atoms with Gasteiger partial charge in [0, 0.05) is 18.5 Å². The molecule has 2 aromatic heterocycles. The minimum absolute atomic E-state index is 0.0283. The van der Waals surface area contributed by atoms with E-state index in [0.717, 1.165) is 0 Å². The van der Waals surface area contributed by atoms with Crippen molar-refractivity contribution in [1.82, 2.24) is 9.29 Å². The van der Waals surface area contributed by atoms with Gasteiger partial charge >= 0.3 is 0 Å². The van der Waals surface area contributed by atoms with Crippen molar-refractivity contribution < 1.29 is 17.6 Å². The SMILES string of the molecule is CCN(CC)S(=O)(=O)c1ccc(Cl)c(NC(=O)Cc2csc(-c3ccco3)n2)c1. The van der Waals surface area contributed by atoms with Gasteiger partial charge in [-0.25, -0.2) is 13.4 Å². The maximum Gasteiger partial charge on any atom is 0.243 e. The van der Waals surface area contributed by atoms with Gasteiger partial charge in [-0.2, -0.15) is 4.31 Å². The highest BCUT2D eigenvalue weighted by atomic mass is 35.5. The Morgan fingerprint density at radius 2 is 2.03 bits per heavy atom. The minimum atomic E-state index is -3.65. The molecule has 0 radical (unpaired) electrons. The Hall–Kier alpha value is -2.20. The maximum atomic E-state index is 12.7. The monoisotopic (exact) mass is 453 g/mol. The molecule has 1 N–H and O–H groups in total. The zero-order chi connectivity index (χ0) is 21.0. The second-order valence-corrected chi connectivity index (χ2v) is 9.28. The van der Waals surface area contributed by atoms with Gasteiger partial charge in [-0.15, -0.1) is 11.3 Å². The number of hydrogen-bond acceptors (Lipinski definition) is 6. The third kappa shape index (κ3) is 4.87. The van der Waals surface area contributed by atoms with Crippen LogP contribution in [-0.4, -0.2) is 36.7 Å². The van der Waals surface area contributed by atoms with Gasteiger partial charge in [0.05, 0.1) is 34.0 Å². The van der Waals surface area contributed by atoms with Crippen molar-refractivity contribution in [2.24, 2.45) is 0 Å². The van der Waals surface area contributed by atoms with Crippen LogP contribution in [0.15, 0.2) is 51.3 Å². The van der Waals surface area contributed by atoms with Gasteiger partial charge in [0.1, 0.15) is 0 Å². The zero-order valence-corrected chi connectivity index (χ0v) is 18.3. The molecule has 0 atom stereocenters. The van der Waals surface area contributed by atoms with Crippen LogP contribution in [0.2, 0.25) is 5.02 Å². The Morgan fingerprint density at radius 3 is 2.69 bits per heavy atom. The van der Waals surface area contributed by atoms with Crippen molar-refractivity contribution in [1.29, 1.82) is 0 Å². The lowest BCUT2D eigenvalue weighted by Crippen LogP contribution is -2.30. The highest BCUT2D eigenvalue weighted by Crippen LogP contribution is 2.28. The topological polar surface area (TPSA) is 92.5 Å². The van der Waals surface area contributed by atoms with Crippen molar-refractivity contribution in [2.45, 2.75) is 25.2 Å². The molecule has 154 valence electrons. The van der Waals surface area contributed by atoms with Crippen LogP contribution in [-0.2, 0) is 21.2 Å². The first kappa shape index (κ1) is 21.5. The van der Waals surface area contributed by atoms with Crippen LogP contribution in [0.3, 0.4) is 0 Å². The van der Waals surface area contributed by atoms with E-state index in [0.29, 0.717) is 29.6 Å². The summed E-state index contributed by atoms with van der Waals surface area (Å²) < 4.78 is 32.0. The first-order valence-electron chi connectivity index (χ1n) is 8.93. The predicted molar refractivity (Wildman–Crippen MR) is 114 cm³/mol. The lowest BCUT2D eigenvalue weighted by atomic mass is 10.3. The van der Waals surface area contributed by atoms with Crippen molar-refractivity contribution >= 4 is 44.6 Å². The van der Waals surface area contributed by atoms with Crippen molar-refractivity contribution in [3.05, 3.63) is 52.7 Å². The molecule has 0 aliphatic rings. The largest absolute Gasteiger partial charge is 0.462 e. The molecule has 10 heteroatoms. The molecule has 29 heavy (non-hydrogen) atoms. The number of aromatic nitrogens is 1. The number of thiazole rings is 1. The van der Waals surface area contributed by atoms with E-state index < -0.39 is 10.0 Å². The lowest BCUT2D eigenvalue weighted by molar-refractivity contribution is -0.115. The summed E-state index contributed by atoms with van der Waals surface area (Å²) in [7, 11) is -3.65. The van der Waals surface area contributed by atoms with Crippen molar-refractivity contribution in [2.75, 3.05) is 18.4 Å².